The molecule has 0 saturated heterocycles. The van der Waals surface area contributed by atoms with E-state index in [0.717, 1.165) is 24.0 Å². The third-order valence-electron chi connectivity index (χ3n) is 2.37. The normalized spacial score (nSPS) is 16.2. The van der Waals surface area contributed by atoms with E-state index in [1.165, 1.54) is 6.07 Å². The van der Waals surface area contributed by atoms with Crippen LogP contribution >= 0.6 is 0 Å². The molecule has 2 nitrogen and oxygen atoms in total. The first-order valence-corrected chi connectivity index (χ1v) is 4.42. The standard InChI is InChI=1S/C10H12FNO/c11-9-3-1-2-8(6-13-12)10(9)7-4-5-7/h1-3,7H,4-6,12H2. The molecule has 0 aromatic heterocycles. The van der Waals surface area contributed by atoms with Crippen LogP contribution in [-0.2, 0) is 11.4 Å². The first-order valence-electron chi connectivity index (χ1n) is 4.42. The van der Waals surface area contributed by atoms with Crippen molar-refractivity contribution in [2.75, 3.05) is 0 Å². The van der Waals surface area contributed by atoms with Gasteiger partial charge in [-0.1, -0.05) is 12.1 Å². The molecule has 1 aliphatic carbocycles. The van der Waals surface area contributed by atoms with Crippen molar-refractivity contribution in [3.05, 3.63) is 35.1 Å². The Bertz CT molecular complexity index is 310. The van der Waals surface area contributed by atoms with Crippen molar-refractivity contribution in [3.63, 3.8) is 0 Å². The molecule has 13 heavy (non-hydrogen) atoms. The van der Waals surface area contributed by atoms with E-state index < -0.39 is 0 Å². The third-order valence-corrected chi connectivity index (χ3v) is 2.37. The summed E-state index contributed by atoms with van der Waals surface area (Å²) in [5.41, 5.74) is 1.68. The summed E-state index contributed by atoms with van der Waals surface area (Å²) >= 11 is 0. The molecule has 1 aliphatic rings. The zero-order valence-electron chi connectivity index (χ0n) is 7.29. The maximum atomic E-state index is 13.4. The van der Waals surface area contributed by atoms with Crippen LogP contribution in [-0.4, -0.2) is 0 Å². The summed E-state index contributed by atoms with van der Waals surface area (Å²) in [5.74, 6) is 5.24. The highest BCUT2D eigenvalue weighted by atomic mass is 19.1. The Morgan fingerprint density at radius 3 is 2.85 bits per heavy atom. The summed E-state index contributed by atoms with van der Waals surface area (Å²) in [7, 11) is 0. The van der Waals surface area contributed by atoms with Crippen molar-refractivity contribution < 1.29 is 9.23 Å². The molecule has 2 N–H and O–H groups in total. The molecule has 2 rings (SSSR count). The second kappa shape index (κ2) is 3.44. The maximum absolute atomic E-state index is 13.4. The monoisotopic (exact) mass is 181 g/mol. The van der Waals surface area contributed by atoms with Crippen LogP contribution in [0.25, 0.3) is 0 Å². The molecular weight excluding hydrogens is 169 g/mol. The van der Waals surface area contributed by atoms with Crippen LogP contribution in [0.3, 0.4) is 0 Å². The number of halogens is 1. The van der Waals surface area contributed by atoms with Crippen LogP contribution in [0.15, 0.2) is 18.2 Å². The van der Waals surface area contributed by atoms with Gasteiger partial charge in [0.2, 0.25) is 0 Å². The summed E-state index contributed by atoms with van der Waals surface area (Å²) in [6.07, 6.45) is 2.16. The molecule has 0 heterocycles. The van der Waals surface area contributed by atoms with Crippen LogP contribution in [0.1, 0.15) is 29.9 Å². The minimum atomic E-state index is -0.128. The summed E-state index contributed by atoms with van der Waals surface area (Å²) in [6.45, 7) is 0.295. The van der Waals surface area contributed by atoms with Crippen molar-refractivity contribution in [1.29, 1.82) is 0 Å². The van der Waals surface area contributed by atoms with Gasteiger partial charge in [-0.3, -0.25) is 4.84 Å². The Morgan fingerprint density at radius 1 is 1.46 bits per heavy atom. The molecule has 0 amide bonds. The van der Waals surface area contributed by atoms with E-state index in [4.69, 9.17) is 5.90 Å². The van der Waals surface area contributed by atoms with Gasteiger partial charge in [0, 0.05) is 0 Å². The molecular formula is C10H12FNO. The fourth-order valence-corrected chi connectivity index (χ4v) is 1.63. The zero-order chi connectivity index (χ0) is 9.26. The smallest absolute Gasteiger partial charge is 0.127 e. The highest BCUT2D eigenvalue weighted by Gasteiger charge is 2.28. The van der Waals surface area contributed by atoms with Gasteiger partial charge in [0.05, 0.1) is 6.61 Å². The molecule has 0 bridgehead atoms. The van der Waals surface area contributed by atoms with Crippen molar-refractivity contribution in [1.82, 2.24) is 0 Å². The molecule has 70 valence electrons. The lowest BCUT2D eigenvalue weighted by molar-refractivity contribution is 0.123. The van der Waals surface area contributed by atoms with Gasteiger partial charge in [-0.05, 0) is 36.0 Å². The molecule has 0 radical (unpaired) electrons. The van der Waals surface area contributed by atoms with Crippen molar-refractivity contribution >= 4 is 0 Å². The number of benzene rings is 1. The number of hydrogen-bond donors (Lipinski definition) is 1. The fourth-order valence-electron chi connectivity index (χ4n) is 1.63. The lowest BCUT2D eigenvalue weighted by atomic mass is 10.0. The molecule has 0 aliphatic heterocycles. The molecule has 0 unspecified atom stereocenters. The molecule has 0 atom stereocenters. The van der Waals surface area contributed by atoms with E-state index >= 15 is 0 Å². The van der Waals surface area contributed by atoms with E-state index in [9.17, 15) is 4.39 Å². The van der Waals surface area contributed by atoms with Crippen LogP contribution in [0.5, 0.6) is 0 Å². The van der Waals surface area contributed by atoms with Crippen molar-refractivity contribution in [2.24, 2.45) is 5.90 Å². The van der Waals surface area contributed by atoms with Crippen LogP contribution in [0, 0.1) is 5.82 Å². The van der Waals surface area contributed by atoms with E-state index in [1.54, 1.807) is 6.07 Å². The molecule has 3 heteroatoms. The van der Waals surface area contributed by atoms with Gasteiger partial charge in [0.1, 0.15) is 5.82 Å². The molecule has 1 aromatic carbocycles. The maximum Gasteiger partial charge on any atom is 0.127 e. The summed E-state index contributed by atoms with van der Waals surface area (Å²) < 4.78 is 13.4. The molecule has 1 aromatic rings. The van der Waals surface area contributed by atoms with Gasteiger partial charge in [-0.2, -0.15) is 0 Å². The summed E-state index contributed by atoms with van der Waals surface area (Å²) in [6, 6.07) is 5.05. The Labute approximate surface area is 76.5 Å². The lowest BCUT2D eigenvalue weighted by Crippen LogP contribution is -2.03. The van der Waals surface area contributed by atoms with Crippen LogP contribution < -0.4 is 5.90 Å². The summed E-state index contributed by atoms with van der Waals surface area (Å²) in [4.78, 5) is 4.53. The highest BCUT2D eigenvalue weighted by Crippen LogP contribution is 2.42. The molecule has 1 fully saturated rings. The van der Waals surface area contributed by atoms with Gasteiger partial charge >= 0.3 is 0 Å². The van der Waals surface area contributed by atoms with Crippen LogP contribution in [0.2, 0.25) is 0 Å². The first-order chi connectivity index (χ1) is 6.33. The second-order valence-corrected chi connectivity index (χ2v) is 3.40. The van der Waals surface area contributed by atoms with E-state index in [2.05, 4.69) is 4.84 Å². The predicted octanol–water partition coefficient (Wildman–Crippen LogP) is 2.09. The largest absolute Gasteiger partial charge is 0.300 e. The second-order valence-electron chi connectivity index (χ2n) is 3.40. The highest BCUT2D eigenvalue weighted by molar-refractivity contribution is 5.34. The number of hydrogen-bond acceptors (Lipinski definition) is 2. The average Bonchev–Trinajstić information content (AvgIpc) is 2.88. The average molecular weight is 181 g/mol. The van der Waals surface area contributed by atoms with Gasteiger partial charge in [0.25, 0.3) is 0 Å². The van der Waals surface area contributed by atoms with E-state index in [1.807, 2.05) is 6.07 Å². The first kappa shape index (κ1) is 8.66. The van der Waals surface area contributed by atoms with Gasteiger partial charge in [-0.15, -0.1) is 0 Å². The van der Waals surface area contributed by atoms with E-state index in [-0.39, 0.29) is 5.82 Å². The Balaban J connectivity index is 2.35. The Hall–Kier alpha value is -0.930. The minimum Gasteiger partial charge on any atom is -0.300 e. The third kappa shape index (κ3) is 1.71. The Kier molecular flexibility index (Phi) is 2.29. The lowest BCUT2D eigenvalue weighted by Gasteiger charge is -2.07. The van der Waals surface area contributed by atoms with Gasteiger partial charge < -0.3 is 0 Å². The van der Waals surface area contributed by atoms with Crippen LogP contribution in [0.4, 0.5) is 4.39 Å². The number of rotatable bonds is 3. The van der Waals surface area contributed by atoms with Crippen molar-refractivity contribution in [3.8, 4) is 0 Å². The Morgan fingerprint density at radius 2 is 2.23 bits per heavy atom. The SMILES string of the molecule is NOCc1cccc(F)c1C1CC1. The quantitative estimate of drug-likeness (QED) is 0.725. The van der Waals surface area contributed by atoms with Gasteiger partial charge in [0.15, 0.2) is 0 Å². The minimum absolute atomic E-state index is 0.128. The summed E-state index contributed by atoms with van der Waals surface area (Å²) in [5, 5.41) is 0. The topological polar surface area (TPSA) is 35.2 Å². The van der Waals surface area contributed by atoms with Gasteiger partial charge in [-0.25, -0.2) is 10.3 Å². The predicted molar refractivity (Wildman–Crippen MR) is 47.4 cm³/mol. The number of nitrogens with two attached hydrogens (primary N) is 1. The van der Waals surface area contributed by atoms with E-state index in [0.29, 0.717) is 12.5 Å². The molecule has 1 saturated carbocycles. The zero-order valence-corrected chi connectivity index (χ0v) is 7.29. The fraction of sp³-hybridized carbons (Fsp3) is 0.400. The van der Waals surface area contributed by atoms with Crippen molar-refractivity contribution in [2.45, 2.75) is 25.4 Å². The molecule has 0 spiro atoms.